The number of unbranched alkanes of at least 4 members (excludes halogenated alkanes) is 5. The first-order chi connectivity index (χ1) is 14.9. The molecule has 0 spiro atoms. The van der Waals surface area contributed by atoms with Crippen LogP contribution in [0.3, 0.4) is 0 Å². The van der Waals surface area contributed by atoms with Crippen LogP contribution in [0.25, 0.3) is 0 Å². The fourth-order valence-electron chi connectivity index (χ4n) is 2.98. The van der Waals surface area contributed by atoms with Crippen molar-refractivity contribution in [2.24, 2.45) is 0 Å². The lowest BCUT2D eigenvalue weighted by Crippen LogP contribution is -2.51. The van der Waals surface area contributed by atoms with E-state index in [9.17, 15) is 30.3 Å². The summed E-state index contributed by atoms with van der Waals surface area (Å²) in [6.07, 6.45) is 12.3. The van der Waals surface area contributed by atoms with E-state index >= 15 is 0 Å². The van der Waals surface area contributed by atoms with Crippen LogP contribution in [0.2, 0.25) is 0 Å². The van der Waals surface area contributed by atoms with Crippen LogP contribution in [0.4, 0.5) is 0 Å². The average molecular weight is 443 g/mol. The predicted octanol–water partition coefficient (Wildman–Crippen LogP) is 1.94. The molecule has 0 fully saturated rings. The van der Waals surface area contributed by atoms with Crippen molar-refractivity contribution in [2.75, 3.05) is 6.61 Å². The highest BCUT2D eigenvalue weighted by Crippen LogP contribution is 2.13. The lowest BCUT2D eigenvalue weighted by Gasteiger charge is -2.27. The number of ketones is 1. The Morgan fingerprint density at radius 3 is 1.87 bits per heavy atom. The Balaban J connectivity index is 3.83. The average Bonchev–Trinajstić information content (AvgIpc) is 2.78. The maximum absolute atomic E-state index is 12.0. The summed E-state index contributed by atoms with van der Waals surface area (Å²) < 4.78 is 0. The molecular formula is C24H42O7. The van der Waals surface area contributed by atoms with Crippen LogP contribution in [0, 0.1) is 0 Å². The topological polar surface area (TPSA) is 138 Å². The van der Waals surface area contributed by atoms with Gasteiger partial charge in [0.15, 0.2) is 5.78 Å². The van der Waals surface area contributed by atoms with Crippen molar-refractivity contribution in [3.8, 4) is 0 Å². The van der Waals surface area contributed by atoms with Crippen molar-refractivity contribution in [3.05, 3.63) is 36.5 Å². The minimum Gasteiger partial charge on any atom is -0.394 e. The third-order valence-electron chi connectivity index (χ3n) is 5.01. The van der Waals surface area contributed by atoms with E-state index in [4.69, 9.17) is 5.11 Å². The van der Waals surface area contributed by atoms with Crippen LogP contribution in [0.5, 0.6) is 0 Å². The molecule has 0 aliphatic carbocycles. The summed E-state index contributed by atoms with van der Waals surface area (Å²) in [5.41, 5.74) is 0. The fourth-order valence-corrected chi connectivity index (χ4v) is 2.98. The van der Waals surface area contributed by atoms with Crippen LogP contribution in [-0.2, 0) is 4.79 Å². The molecule has 0 bridgehead atoms. The number of hydrogen-bond donors (Lipinski definition) is 6. The van der Waals surface area contributed by atoms with Crippen LogP contribution < -0.4 is 0 Å². The molecule has 0 aromatic heterocycles. The normalized spacial score (nSPS) is 17.4. The monoisotopic (exact) mass is 442 g/mol. The molecule has 0 aliphatic heterocycles. The molecule has 6 N–H and O–H groups in total. The predicted molar refractivity (Wildman–Crippen MR) is 121 cm³/mol. The Kier molecular flexibility index (Phi) is 18.5. The maximum atomic E-state index is 12.0. The zero-order valence-electron chi connectivity index (χ0n) is 18.7. The van der Waals surface area contributed by atoms with Crippen molar-refractivity contribution in [1.29, 1.82) is 0 Å². The number of carbonyl (C=O) groups excluding carboxylic acids is 1. The van der Waals surface area contributed by atoms with Crippen LogP contribution in [-0.4, -0.2) is 73.5 Å². The first-order valence-electron chi connectivity index (χ1n) is 11.4. The number of carbonyl (C=O) groups is 1. The molecule has 7 heteroatoms. The van der Waals surface area contributed by atoms with Gasteiger partial charge in [-0.1, -0.05) is 62.6 Å². The third-order valence-corrected chi connectivity index (χ3v) is 5.01. The molecule has 0 aromatic rings. The fraction of sp³-hybridized carbons (Fsp3) is 0.708. The quantitative estimate of drug-likeness (QED) is 0.133. The zero-order chi connectivity index (χ0) is 23.5. The van der Waals surface area contributed by atoms with Crippen LogP contribution >= 0.6 is 0 Å². The second-order valence-corrected chi connectivity index (χ2v) is 7.73. The lowest BCUT2D eigenvalue weighted by molar-refractivity contribution is -0.155. The minimum atomic E-state index is -1.94. The lowest BCUT2D eigenvalue weighted by atomic mass is 9.95. The Labute approximate surface area is 186 Å². The van der Waals surface area contributed by atoms with E-state index in [1.165, 1.54) is 0 Å². The van der Waals surface area contributed by atoms with Gasteiger partial charge in [0.05, 0.1) is 6.61 Å². The van der Waals surface area contributed by atoms with Gasteiger partial charge in [0, 0.05) is 6.42 Å². The van der Waals surface area contributed by atoms with Crippen molar-refractivity contribution >= 4 is 5.78 Å². The van der Waals surface area contributed by atoms with Gasteiger partial charge < -0.3 is 30.6 Å². The van der Waals surface area contributed by atoms with Gasteiger partial charge in [0.25, 0.3) is 0 Å². The molecule has 31 heavy (non-hydrogen) atoms. The van der Waals surface area contributed by atoms with Gasteiger partial charge in [-0.2, -0.15) is 0 Å². The number of aliphatic hydroxyl groups is 6. The summed E-state index contributed by atoms with van der Waals surface area (Å²) in [4.78, 5) is 12.0. The van der Waals surface area contributed by atoms with Crippen LogP contribution in [0.1, 0.15) is 71.1 Å². The van der Waals surface area contributed by atoms with E-state index in [2.05, 4.69) is 43.4 Å². The summed E-state index contributed by atoms with van der Waals surface area (Å²) in [5, 5.41) is 56.9. The SMILES string of the molecule is CC/C=C\C/C=C\C/C=C\CCCCCCCC(=O)C(O)[C@H](O)[C@H](O)[C@H](O)[C@@H](O)CO. The molecule has 7 nitrogen and oxygen atoms in total. The van der Waals surface area contributed by atoms with Gasteiger partial charge in [-0.3, -0.25) is 4.79 Å². The highest BCUT2D eigenvalue weighted by molar-refractivity contribution is 5.83. The maximum Gasteiger partial charge on any atom is 0.164 e. The number of allylic oxidation sites excluding steroid dienone is 6. The zero-order valence-corrected chi connectivity index (χ0v) is 18.7. The highest BCUT2D eigenvalue weighted by atomic mass is 16.4. The summed E-state index contributed by atoms with van der Waals surface area (Å²) >= 11 is 0. The molecule has 0 heterocycles. The second kappa shape index (κ2) is 19.3. The molecule has 0 rings (SSSR count). The van der Waals surface area contributed by atoms with Gasteiger partial charge in [-0.25, -0.2) is 0 Å². The molecule has 0 aliphatic rings. The Morgan fingerprint density at radius 1 is 0.710 bits per heavy atom. The molecule has 0 saturated carbocycles. The summed E-state index contributed by atoms with van der Waals surface area (Å²) in [6.45, 7) is 1.30. The van der Waals surface area contributed by atoms with E-state index in [-0.39, 0.29) is 6.42 Å². The molecule has 0 amide bonds. The summed E-state index contributed by atoms with van der Waals surface area (Å²) in [5.74, 6) is -0.626. The van der Waals surface area contributed by atoms with E-state index in [0.29, 0.717) is 6.42 Å². The molecule has 0 radical (unpaired) electrons. The Morgan fingerprint density at radius 2 is 1.26 bits per heavy atom. The minimum absolute atomic E-state index is 0.0588. The van der Waals surface area contributed by atoms with E-state index in [1.807, 2.05) is 0 Å². The number of rotatable bonds is 19. The van der Waals surface area contributed by atoms with Gasteiger partial charge in [0.2, 0.25) is 0 Å². The second-order valence-electron chi connectivity index (χ2n) is 7.73. The molecular weight excluding hydrogens is 400 g/mol. The Hall–Kier alpha value is -1.35. The van der Waals surface area contributed by atoms with Crippen molar-refractivity contribution in [1.82, 2.24) is 0 Å². The molecule has 0 aromatic carbocycles. The van der Waals surface area contributed by atoms with E-state index in [1.54, 1.807) is 0 Å². The summed E-state index contributed by atoms with van der Waals surface area (Å²) in [7, 11) is 0. The standard InChI is InChI=1S/C24H42O7/c1-2-3-4-5-6-7-8-9-10-11-12-13-14-15-16-17-19(26)21(28)23(30)24(31)22(29)20(27)18-25/h3-4,6-7,9-10,20-25,27-31H,2,5,8,11-18H2,1H3/b4-3-,7-6-,10-9-/t20-,21?,22+,23-,24+/m0/s1. The number of Topliss-reactive ketones (excluding diaryl/α,β-unsaturated/α-hetero) is 1. The molecule has 180 valence electrons. The van der Waals surface area contributed by atoms with Gasteiger partial charge in [-0.15, -0.1) is 0 Å². The smallest absolute Gasteiger partial charge is 0.164 e. The van der Waals surface area contributed by atoms with E-state index < -0.39 is 42.9 Å². The number of aliphatic hydroxyl groups excluding tert-OH is 6. The third kappa shape index (κ3) is 14.4. The van der Waals surface area contributed by atoms with Gasteiger partial charge >= 0.3 is 0 Å². The van der Waals surface area contributed by atoms with Gasteiger partial charge in [0.1, 0.15) is 30.5 Å². The first kappa shape index (κ1) is 29.7. The molecule has 5 atom stereocenters. The molecule has 1 unspecified atom stereocenters. The summed E-state index contributed by atoms with van der Waals surface area (Å²) in [6, 6.07) is 0. The molecule has 0 saturated heterocycles. The van der Waals surface area contributed by atoms with Crippen molar-refractivity contribution in [2.45, 2.75) is 102 Å². The van der Waals surface area contributed by atoms with Crippen LogP contribution in [0.15, 0.2) is 36.5 Å². The van der Waals surface area contributed by atoms with E-state index in [0.717, 1.165) is 51.4 Å². The van der Waals surface area contributed by atoms with Crippen molar-refractivity contribution < 1.29 is 35.4 Å². The Bertz CT molecular complexity index is 530. The first-order valence-corrected chi connectivity index (χ1v) is 11.4. The van der Waals surface area contributed by atoms with Crippen molar-refractivity contribution in [3.63, 3.8) is 0 Å². The highest BCUT2D eigenvalue weighted by Gasteiger charge is 2.36. The van der Waals surface area contributed by atoms with Gasteiger partial charge in [-0.05, 0) is 38.5 Å². The largest absolute Gasteiger partial charge is 0.394 e. The number of hydrogen-bond acceptors (Lipinski definition) is 7.